The van der Waals surface area contributed by atoms with Crippen LogP contribution >= 0.6 is 0 Å². The first kappa shape index (κ1) is 11.6. The third-order valence-corrected chi connectivity index (χ3v) is 4.33. The van der Waals surface area contributed by atoms with E-state index in [1.807, 2.05) is 6.20 Å². The maximum absolute atomic E-state index is 4.53. The summed E-state index contributed by atoms with van der Waals surface area (Å²) in [5, 5.41) is 4.53. The second kappa shape index (κ2) is 3.88. The molecule has 0 N–H and O–H groups in total. The molecule has 2 rings (SSSR count). The summed E-state index contributed by atoms with van der Waals surface area (Å²) in [6.45, 7) is 10.2. The van der Waals surface area contributed by atoms with Crippen LogP contribution in [0.3, 0.4) is 0 Å². The molecule has 0 bridgehead atoms. The Balaban J connectivity index is 2.15. The molecule has 0 aromatic carbocycles. The molecule has 2 unspecified atom stereocenters. The summed E-state index contributed by atoms with van der Waals surface area (Å²) >= 11 is 0. The topological polar surface area (TPSA) is 21.1 Å². The summed E-state index contributed by atoms with van der Waals surface area (Å²) in [6, 6.07) is 1.17. The number of aromatic nitrogens is 2. The molecule has 90 valence electrons. The van der Waals surface area contributed by atoms with Gasteiger partial charge in [-0.25, -0.2) is 0 Å². The van der Waals surface area contributed by atoms with E-state index in [-0.39, 0.29) is 5.41 Å². The van der Waals surface area contributed by atoms with Crippen LogP contribution in [0.5, 0.6) is 0 Å². The number of hydrogen-bond acceptors (Lipinski definition) is 2. The fourth-order valence-electron chi connectivity index (χ4n) is 2.15. The van der Waals surface area contributed by atoms with Crippen LogP contribution in [0.2, 0.25) is 0 Å². The molecule has 0 saturated carbocycles. The van der Waals surface area contributed by atoms with Gasteiger partial charge in [-0.2, -0.15) is 5.10 Å². The lowest BCUT2D eigenvalue weighted by atomic mass is 9.84. The first-order valence-electron chi connectivity index (χ1n) is 6.20. The van der Waals surface area contributed by atoms with Gasteiger partial charge >= 0.3 is 0 Å². The van der Waals surface area contributed by atoms with Gasteiger partial charge in [0.1, 0.15) is 0 Å². The lowest BCUT2D eigenvalue weighted by molar-refractivity contribution is 0.0552. The van der Waals surface area contributed by atoms with Gasteiger partial charge in [-0.3, -0.25) is 9.58 Å². The first-order chi connectivity index (χ1) is 7.45. The van der Waals surface area contributed by atoms with Crippen LogP contribution < -0.4 is 0 Å². The number of likely N-dealkylation sites (tertiary alicyclic amines) is 1. The summed E-state index contributed by atoms with van der Waals surface area (Å²) in [5.74, 6) is 0. The van der Waals surface area contributed by atoms with E-state index >= 15 is 0 Å². The highest BCUT2D eigenvalue weighted by Gasteiger charge is 2.34. The Morgan fingerprint density at radius 3 is 2.69 bits per heavy atom. The molecule has 16 heavy (non-hydrogen) atoms. The van der Waals surface area contributed by atoms with Crippen molar-refractivity contribution in [3.05, 3.63) is 18.0 Å². The molecule has 0 amide bonds. The van der Waals surface area contributed by atoms with Crippen molar-refractivity contribution in [3.63, 3.8) is 0 Å². The molecule has 0 spiro atoms. The van der Waals surface area contributed by atoms with Gasteiger partial charge in [0, 0.05) is 18.8 Å². The molecular weight excluding hydrogens is 198 g/mol. The van der Waals surface area contributed by atoms with Gasteiger partial charge in [0.15, 0.2) is 0 Å². The van der Waals surface area contributed by atoms with E-state index in [9.17, 15) is 0 Å². The van der Waals surface area contributed by atoms with Crippen LogP contribution in [0.4, 0.5) is 0 Å². The molecule has 2 heterocycles. The van der Waals surface area contributed by atoms with Crippen molar-refractivity contribution in [2.75, 3.05) is 13.6 Å². The Hall–Kier alpha value is -0.830. The van der Waals surface area contributed by atoms with Crippen LogP contribution in [0.25, 0.3) is 0 Å². The van der Waals surface area contributed by atoms with E-state index < -0.39 is 0 Å². The van der Waals surface area contributed by atoms with E-state index in [0.29, 0.717) is 12.1 Å². The minimum atomic E-state index is 0.247. The molecule has 0 aliphatic carbocycles. The second-order valence-corrected chi connectivity index (χ2v) is 5.69. The van der Waals surface area contributed by atoms with E-state index in [2.05, 4.69) is 55.6 Å². The van der Waals surface area contributed by atoms with E-state index in [0.717, 1.165) is 13.0 Å². The SMILES string of the molecule is CCC(C)(C)c1cnn(C2CN(C)C2C)c1. The number of hydrogen-bond donors (Lipinski definition) is 0. The molecule has 1 aliphatic rings. The molecule has 1 saturated heterocycles. The Morgan fingerprint density at radius 2 is 2.19 bits per heavy atom. The minimum absolute atomic E-state index is 0.247. The summed E-state index contributed by atoms with van der Waals surface area (Å²) in [4.78, 5) is 2.36. The zero-order valence-corrected chi connectivity index (χ0v) is 11.1. The van der Waals surface area contributed by atoms with Crippen LogP contribution in [-0.2, 0) is 5.41 Å². The molecule has 3 nitrogen and oxygen atoms in total. The van der Waals surface area contributed by atoms with Gasteiger partial charge in [-0.15, -0.1) is 0 Å². The fraction of sp³-hybridized carbons (Fsp3) is 0.769. The minimum Gasteiger partial charge on any atom is -0.299 e. The highest BCUT2D eigenvalue weighted by atomic mass is 15.4. The van der Waals surface area contributed by atoms with Gasteiger partial charge in [0.05, 0.1) is 12.2 Å². The van der Waals surface area contributed by atoms with Crippen molar-refractivity contribution in [1.29, 1.82) is 0 Å². The van der Waals surface area contributed by atoms with Crippen LogP contribution in [0, 0.1) is 0 Å². The van der Waals surface area contributed by atoms with Crippen molar-refractivity contribution in [2.24, 2.45) is 0 Å². The molecule has 0 radical (unpaired) electrons. The van der Waals surface area contributed by atoms with Gasteiger partial charge in [0.2, 0.25) is 0 Å². The maximum Gasteiger partial charge on any atom is 0.0798 e. The first-order valence-corrected chi connectivity index (χ1v) is 6.20. The highest BCUT2D eigenvalue weighted by Crippen LogP contribution is 2.30. The predicted octanol–water partition coefficient (Wildman–Crippen LogP) is 2.45. The highest BCUT2D eigenvalue weighted by molar-refractivity contribution is 5.17. The monoisotopic (exact) mass is 221 g/mol. The molecule has 3 heteroatoms. The van der Waals surface area contributed by atoms with Gasteiger partial charge in [-0.1, -0.05) is 20.8 Å². The third kappa shape index (κ3) is 1.77. The zero-order chi connectivity index (χ0) is 11.9. The van der Waals surface area contributed by atoms with E-state index in [1.165, 1.54) is 5.56 Å². The Morgan fingerprint density at radius 1 is 1.50 bits per heavy atom. The average Bonchev–Trinajstić information content (AvgIpc) is 2.74. The van der Waals surface area contributed by atoms with Crippen LogP contribution in [0.1, 0.15) is 45.7 Å². The third-order valence-electron chi connectivity index (χ3n) is 4.33. The predicted molar refractivity (Wildman–Crippen MR) is 66.7 cm³/mol. The summed E-state index contributed by atoms with van der Waals surface area (Å²) in [6.07, 6.45) is 5.42. The van der Waals surface area contributed by atoms with Crippen LogP contribution in [0.15, 0.2) is 12.4 Å². The molecule has 1 fully saturated rings. The van der Waals surface area contributed by atoms with E-state index in [1.54, 1.807) is 0 Å². The summed E-state index contributed by atoms with van der Waals surface area (Å²) < 4.78 is 2.15. The average molecular weight is 221 g/mol. The Labute approximate surface area is 98.4 Å². The molecule has 2 atom stereocenters. The quantitative estimate of drug-likeness (QED) is 0.781. The summed E-state index contributed by atoms with van der Waals surface area (Å²) in [7, 11) is 2.17. The van der Waals surface area contributed by atoms with Crippen molar-refractivity contribution in [3.8, 4) is 0 Å². The smallest absolute Gasteiger partial charge is 0.0798 e. The van der Waals surface area contributed by atoms with Crippen molar-refractivity contribution >= 4 is 0 Å². The lowest BCUT2D eigenvalue weighted by Crippen LogP contribution is -2.52. The van der Waals surface area contributed by atoms with Gasteiger partial charge in [-0.05, 0) is 31.4 Å². The van der Waals surface area contributed by atoms with Crippen molar-refractivity contribution < 1.29 is 0 Å². The number of likely N-dealkylation sites (N-methyl/N-ethyl adjacent to an activating group) is 1. The summed E-state index contributed by atoms with van der Waals surface area (Å²) in [5.41, 5.74) is 1.61. The standard InChI is InChI=1S/C13H23N3/c1-6-13(3,4)11-7-14-16(8-11)12-9-15(5)10(12)2/h7-8,10,12H,6,9H2,1-5H3. The van der Waals surface area contributed by atoms with Crippen molar-refractivity contribution in [1.82, 2.24) is 14.7 Å². The molecule has 1 aromatic rings. The van der Waals surface area contributed by atoms with Gasteiger partial charge < -0.3 is 0 Å². The largest absolute Gasteiger partial charge is 0.299 e. The van der Waals surface area contributed by atoms with Crippen molar-refractivity contribution in [2.45, 2.75) is 51.6 Å². The molecule has 1 aromatic heterocycles. The number of rotatable bonds is 3. The normalized spacial score (nSPS) is 26.8. The van der Waals surface area contributed by atoms with E-state index in [4.69, 9.17) is 0 Å². The van der Waals surface area contributed by atoms with Crippen LogP contribution in [-0.4, -0.2) is 34.3 Å². The molecule has 1 aliphatic heterocycles. The number of nitrogens with zero attached hydrogens (tertiary/aromatic N) is 3. The fourth-order valence-corrected chi connectivity index (χ4v) is 2.15. The molecular formula is C13H23N3. The van der Waals surface area contributed by atoms with Gasteiger partial charge in [0.25, 0.3) is 0 Å². The lowest BCUT2D eigenvalue weighted by Gasteiger charge is -2.43. The second-order valence-electron chi connectivity index (χ2n) is 5.69. The zero-order valence-electron chi connectivity index (χ0n) is 11.1. The Bertz CT molecular complexity index is 367. The maximum atomic E-state index is 4.53. The Kier molecular flexibility index (Phi) is 2.82.